The molecule has 0 amide bonds. The largest absolute Gasteiger partial charge is 0.347 e. The number of imidazole rings is 1. The second kappa shape index (κ2) is 6.21. The molecule has 5 heterocycles. The maximum Gasteiger partial charge on any atom is 0.251 e. The molecule has 0 aromatic carbocycles. The molecule has 0 spiro atoms. The van der Waals surface area contributed by atoms with Gasteiger partial charge in [0.1, 0.15) is 0 Å². The fourth-order valence-electron chi connectivity index (χ4n) is 4.50. The van der Waals surface area contributed by atoms with Crippen molar-refractivity contribution in [3.05, 3.63) is 70.9 Å². The maximum absolute atomic E-state index is 12.7. The molecule has 0 aliphatic carbocycles. The molecular formula is C20H21N5O. The lowest BCUT2D eigenvalue weighted by Crippen LogP contribution is -2.46. The number of hydrogen-bond acceptors (Lipinski definition) is 4. The molecule has 132 valence electrons. The quantitative estimate of drug-likeness (QED) is 0.789. The summed E-state index contributed by atoms with van der Waals surface area (Å²) in [5, 5.41) is 0. The first-order chi connectivity index (χ1) is 12.8. The summed E-state index contributed by atoms with van der Waals surface area (Å²) in [6.07, 6.45) is 8.37. The van der Waals surface area contributed by atoms with Crippen LogP contribution in [0.2, 0.25) is 0 Å². The molecule has 2 bridgehead atoms. The standard InChI is InChI=1S/C20H21N5O/c26-20-6-16(15-2-1-3-21-7-15)5-19-17-4-14(10-25(19)20)9-24(11-17)12-18-8-22-13-23-18/h1-3,5-8,13-14,17H,4,9-12H2,(H,22,23)/t14-,17+/m0/s1. The summed E-state index contributed by atoms with van der Waals surface area (Å²) in [6, 6.07) is 7.87. The van der Waals surface area contributed by atoms with Crippen LogP contribution in [0.5, 0.6) is 0 Å². The van der Waals surface area contributed by atoms with E-state index in [0.717, 1.165) is 49.4 Å². The van der Waals surface area contributed by atoms with Gasteiger partial charge in [0.05, 0.1) is 6.33 Å². The number of aromatic nitrogens is 4. The van der Waals surface area contributed by atoms with Gasteiger partial charge in [-0.1, -0.05) is 6.07 Å². The second-order valence-corrected chi connectivity index (χ2v) is 7.43. The van der Waals surface area contributed by atoms with E-state index in [1.165, 1.54) is 5.69 Å². The predicted octanol–water partition coefficient (Wildman–Crippen LogP) is 2.25. The van der Waals surface area contributed by atoms with Crippen molar-refractivity contribution in [2.24, 2.45) is 5.92 Å². The van der Waals surface area contributed by atoms with Gasteiger partial charge in [0, 0.05) is 73.7 Å². The fraction of sp³-hybridized carbons (Fsp3) is 0.350. The highest BCUT2D eigenvalue weighted by atomic mass is 16.1. The number of aromatic amines is 1. The van der Waals surface area contributed by atoms with Gasteiger partial charge >= 0.3 is 0 Å². The van der Waals surface area contributed by atoms with Crippen LogP contribution in [0.3, 0.4) is 0 Å². The Hall–Kier alpha value is -2.73. The molecule has 2 atom stereocenters. The summed E-state index contributed by atoms with van der Waals surface area (Å²) in [4.78, 5) is 26.7. The second-order valence-electron chi connectivity index (χ2n) is 7.43. The molecule has 5 rings (SSSR count). The van der Waals surface area contributed by atoms with Crippen LogP contribution in [0, 0.1) is 5.92 Å². The Bertz CT molecular complexity index is 964. The average Bonchev–Trinajstić information content (AvgIpc) is 3.16. The zero-order chi connectivity index (χ0) is 17.5. The fourth-order valence-corrected chi connectivity index (χ4v) is 4.50. The van der Waals surface area contributed by atoms with Gasteiger partial charge in [0.25, 0.3) is 5.56 Å². The highest BCUT2D eigenvalue weighted by molar-refractivity contribution is 5.62. The van der Waals surface area contributed by atoms with Crippen molar-refractivity contribution in [3.8, 4) is 11.1 Å². The van der Waals surface area contributed by atoms with Gasteiger partial charge in [-0.2, -0.15) is 0 Å². The number of likely N-dealkylation sites (tertiary alicyclic amines) is 1. The topological polar surface area (TPSA) is 66.8 Å². The van der Waals surface area contributed by atoms with E-state index in [2.05, 4.69) is 25.9 Å². The Balaban J connectivity index is 1.48. The van der Waals surface area contributed by atoms with Gasteiger partial charge in [-0.05, 0) is 30.0 Å². The lowest BCUT2D eigenvalue weighted by Gasteiger charge is -2.42. The van der Waals surface area contributed by atoms with Crippen molar-refractivity contribution >= 4 is 0 Å². The summed E-state index contributed by atoms with van der Waals surface area (Å²) in [7, 11) is 0. The average molecular weight is 347 g/mol. The van der Waals surface area contributed by atoms with Crippen molar-refractivity contribution in [3.63, 3.8) is 0 Å². The van der Waals surface area contributed by atoms with Crippen LogP contribution in [-0.2, 0) is 13.1 Å². The van der Waals surface area contributed by atoms with Crippen LogP contribution in [0.15, 0.2) is 54.0 Å². The molecule has 3 aromatic heterocycles. The number of nitrogens with zero attached hydrogens (tertiary/aromatic N) is 4. The molecule has 0 unspecified atom stereocenters. The number of nitrogens with one attached hydrogen (secondary N) is 1. The molecule has 1 N–H and O–H groups in total. The molecule has 0 radical (unpaired) electrons. The summed E-state index contributed by atoms with van der Waals surface area (Å²) in [6.45, 7) is 3.72. The Morgan fingerprint density at radius 1 is 1.12 bits per heavy atom. The maximum atomic E-state index is 12.7. The number of fused-ring (bicyclic) bond motifs is 4. The minimum absolute atomic E-state index is 0.109. The van der Waals surface area contributed by atoms with Crippen molar-refractivity contribution < 1.29 is 0 Å². The Labute approximate surface area is 151 Å². The third-order valence-electron chi connectivity index (χ3n) is 5.58. The monoisotopic (exact) mass is 347 g/mol. The molecule has 2 aliphatic rings. The molecular weight excluding hydrogens is 326 g/mol. The van der Waals surface area contributed by atoms with E-state index < -0.39 is 0 Å². The Morgan fingerprint density at radius 3 is 2.88 bits per heavy atom. The van der Waals surface area contributed by atoms with Crippen LogP contribution in [-0.4, -0.2) is 37.5 Å². The first-order valence-corrected chi connectivity index (χ1v) is 9.11. The van der Waals surface area contributed by atoms with E-state index in [4.69, 9.17) is 0 Å². The van der Waals surface area contributed by atoms with Crippen molar-refractivity contribution in [2.45, 2.75) is 25.4 Å². The van der Waals surface area contributed by atoms with E-state index in [1.54, 1.807) is 18.6 Å². The minimum atomic E-state index is 0.109. The van der Waals surface area contributed by atoms with Gasteiger partial charge < -0.3 is 9.55 Å². The summed E-state index contributed by atoms with van der Waals surface area (Å²) < 4.78 is 1.99. The van der Waals surface area contributed by atoms with Gasteiger partial charge in [0.15, 0.2) is 0 Å². The third-order valence-corrected chi connectivity index (χ3v) is 5.58. The number of H-pyrrole nitrogens is 1. The highest BCUT2D eigenvalue weighted by Gasteiger charge is 2.34. The van der Waals surface area contributed by atoms with Gasteiger partial charge in [0.2, 0.25) is 0 Å². The zero-order valence-electron chi connectivity index (χ0n) is 14.5. The molecule has 1 fully saturated rings. The van der Waals surface area contributed by atoms with Gasteiger partial charge in [-0.3, -0.25) is 14.7 Å². The van der Waals surface area contributed by atoms with Crippen LogP contribution >= 0.6 is 0 Å². The number of hydrogen-bond donors (Lipinski definition) is 1. The predicted molar refractivity (Wildman–Crippen MR) is 98.6 cm³/mol. The lowest BCUT2D eigenvalue weighted by molar-refractivity contribution is 0.113. The smallest absolute Gasteiger partial charge is 0.251 e. The highest BCUT2D eigenvalue weighted by Crippen LogP contribution is 2.36. The normalized spacial score (nSPS) is 22.2. The molecule has 1 saturated heterocycles. The van der Waals surface area contributed by atoms with Gasteiger partial charge in [-0.25, -0.2) is 4.98 Å². The lowest BCUT2D eigenvalue weighted by atomic mass is 9.82. The molecule has 6 heteroatoms. The van der Waals surface area contributed by atoms with E-state index in [0.29, 0.717) is 11.8 Å². The summed E-state index contributed by atoms with van der Waals surface area (Å²) >= 11 is 0. The van der Waals surface area contributed by atoms with Crippen LogP contribution in [0.4, 0.5) is 0 Å². The molecule has 2 aliphatic heterocycles. The van der Waals surface area contributed by atoms with Crippen LogP contribution in [0.25, 0.3) is 11.1 Å². The van der Waals surface area contributed by atoms with Crippen LogP contribution < -0.4 is 5.56 Å². The number of pyridine rings is 2. The van der Waals surface area contributed by atoms with E-state index in [1.807, 2.05) is 29.1 Å². The first-order valence-electron chi connectivity index (χ1n) is 9.11. The Kier molecular flexibility index (Phi) is 3.71. The SMILES string of the molecule is O=c1cc(-c2cccnc2)cc2n1C[C@H]1C[C@@H]2CN(Cc2cnc[nH]2)C1. The number of piperidine rings is 1. The summed E-state index contributed by atoms with van der Waals surface area (Å²) in [5.74, 6) is 0.931. The van der Waals surface area contributed by atoms with Crippen molar-refractivity contribution in [2.75, 3.05) is 13.1 Å². The number of rotatable bonds is 3. The van der Waals surface area contributed by atoms with E-state index in [-0.39, 0.29) is 5.56 Å². The minimum Gasteiger partial charge on any atom is -0.347 e. The third kappa shape index (κ3) is 2.76. The van der Waals surface area contributed by atoms with Crippen LogP contribution in [0.1, 0.15) is 23.7 Å². The Morgan fingerprint density at radius 2 is 2.08 bits per heavy atom. The van der Waals surface area contributed by atoms with E-state index >= 15 is 0 Å². The summed E-state index contributed by atoms with van der Waals surface area (Å²) in [5.41, 5.74) is 4.39. The molecule has 6 nitrogen and oxygen atoms in total. The first kappa shape index (κ1) is 15.5. The van der Waals surface area contributed by atoms with Gasteiger partial charge in [-0.15, -0.1) is 0 Å². The van der Waals surface area contributed by atoms with Crippen molar-refractivity contribution in [1.29, 1.82) is 0 Å². The van der Waals surface area contributed by atoms with E-state index in [9.17, 15) is 4.79 Å². The molecule has 26 heavy (non-hydrogen) atoms. The molecule has 3 aromatic rings. The molecule has 0 saturated carbocycles. The van der Waals surface area contributed by atoms with Crippen molar-refractivity contribution in [1.82, 2.24) is 24.4 Å². The zero-order valence-corrected chi connectivity index (χ0v) is 14.5.